The Hall–Kier alpha value is -3.50. The Bertz CT molecular complexity index is 1410. The van der Waals surface area contributed by atoms with Gasteiger partial charge >= 0.3 is 12.9 Å². The van der Waals surface area contributed by atoms with Crippen molar-refractivity contribution in [3.05, 3.63) is 120 Å². The van der Waals surface area contributed by atoms with Gasteiger partial charge in [-0.3, -0.25) is 19.2 Å². The second-order valence-electron chi connectivity index (χ2n) is 10.9. The fourth-order valence-corrected chi connectivity index (χ4v) is 6.50. The first-order valence-electron chi connectivity index (χ1n) is 14.3. The van der Waals surface area contributed by atoms with Crippen LogP contribution < -0.4 is 10.6 Å². The highest BCUT2D eigenvalue weighted by Gasteiger charge is 2.48. The molecular weight excluding hydrogens is 601 g/mol. The Balaban J connectivity index is 1.62. The summed E-state index contributed by atoms with van der Waals surface area (Å²) in [6, 6.07) is 30.2. The van der Waals surface area contributed by atoms with Crippen LogP contribution in [0.3, 0.4) is 0 Å². The van der Waals surface area contributed by atoms with Crippen molar-refractivity contribution in [3.8, 4) is 0 Å². The number of carbonyl (C=O) groups is 2. The second-order valence-corrected chi connectivity index (χ2v) is 14.1. The molecule has 0 aromatic heterocycles. The minimum atomic E-state index is -3.59. The van der Waals surface area contributed by atoms with E-state index in [-0.39, 0.29) is 12.5 Å². The number of urea groups is 1. The Morgan fingerprint density at radius 2 is 1.52 bits per heavy atom. The van der Waals surface area contributed by atoms with Gasteiger partial charge in [0, 0.05) is 26.2 Å². The van der Waals surface area contributed by atoms with Crippen molar-refractivity contribution in [3.63, 3.8) is 0 Å². The van der Waals surface area contributed by atoms with E-state index in [1.54, 1.807) is 26.4 Å². The highest BCUT2D eigenvalue weighted by Crippen LogP contribution is 2.54. The number of hydrogen-bond acceptors (Lipinski definition) is 6. The van der Waals surface area contributed by atoms with E-state index >= 15 is 0 Å². The number of ether oxygens (including phenoxy) is 1. The number of hydrogen-bond donors (Lipinski definition) is 2. The van der Waals surface area contributed by atoms with Gasteiger partial charge < -0.3 is 19.9 Å². The van der Waals surface area contributed by atoms with Crippen LogP contribution in [0.4, 0.5) is 4.79 Å². The predicted molar refractivity (Wildman–Crippen MR) is 170 cm³/mol. The summed E-state index contributed by atoms with van der Waals surface area (Å²) in [5.74, 6) is -0.268. The zero-order valence-corrected chi connectivity index (χ0v) is 26.5. The summed E-state index contributed by atoms with van der Waals surface area (Å²) in [5.41, 5.74) is 2.28. The molecule has 2 aliphatic heterocycles. The van der Waals surface area contributed by atoms with Crippen molar-refractivity contribution >= 4 is 30.1 Å². The monoisotopic (exact) mass is 637 g/mol. The van der Waals surface area contributed by atoms with E-state index in [9.17, 15) is 14.2 Å². The first kappa shape index (κ1) is 31.9. The van der Waals surface area contributed by atoms with Gasteiger partial charge in [-0.05, 0) is 48.1 Å². The topological polar surface area (TPSA) is 103 Å². The van der Waals surface area contributed by atoms with Crippen LogP contribution in [-0.2, 0) is 24.2 Å². The van der Waals surface area contributed by atoms with Crippen molar-refractivity contribution in [1.82, 2.24) is 25.1 Å². The van der Waals surface area contributed by atoms with Gasteiger partial charge in [0.05, 0.1) is 18.2 Å². The van der Waals surface area contributed by atoms with E-state index in [1.165, 1.54) is 16.5 Å². The Labute approximate surface area is 262 Å². The SMILES string of the molecule is CC(=O)NC1C=CN(C2CN(C(c3ccccc3)(c3ccccc3)c3ccccc3)C[C@@H](COP(=O)(Cl)N(C)C)O2)C(=O)N1. The molecule has 3 aromatic rings. The molecule has 2 N–H and O–H groups in total. The number of carbonyl (C=O) groups excluding carboxylic acids is 2. The molecular formula is C32H37ClN5O5P. The van der Waals surface area contributed by atoms with E-state index in [0.29, 0.717) is 13.1 Å². The van der Waals surface area contributed by atoms with Gasteiger partial charge in [0.1, 0.15) is 6.17 Å². The van der Waals surface area contributed by atoms with Crippen LogP contribution in [0, 0.1) is 0 Å². The van der Waals surface area contributed by atoms with Gasteiger partial charge in [-0.2, -0.15) is 0 Å². The number of nitrogens with zero attached hydrogens (tertiary/aromatic N) is 3. The van der Waals surface area contributed by atoms with Gasteiger partial charge in [0.2, 0.25) is 5.91 Å². The van der Waals surface area contributed by atoms with Gasteiger partial charge in [-0.1, -0.05) is 91.0 Å². The van der Waals surface area contributed by atoms with Crippen LogP contribution in [-0.4, -0.2) is 78.7 Å². The van der Waals surface area contributed by atoms with E-state index in [1.807, 2.05) is 54.6 Å². The van der Waals surface area contributed by atoms with E-state index in [2.05, 4.69) is 51.9 Å². The molecule has 12 heteroatoms. The number of halogens is 1. The van der Waals surface area contributed by atoms with Crippen LogP contribution in [0.1, 0.15) is 23.6 Å². The predicted octanol–water partition coefficient (Wildman–Crippen LogP) is 4.93. The number of nitrogens with one attached hydrogen (secondary N) is 2. The van der Waals surface area contributed by atoms with Gasteiger partial charge in [-0.25, -0.2) is 9.46 Å². The first-order valence-corrected chi connectivity index (χ1v) is 16.8. The molecule has 1 saturated heterocycles. The summed E-state index contributed by atoms with van der Waals surface area (Å²) in [5, 5.41) is 5.48. The molecule has 0 spiro atoms. The third kappa shape index (κ3) is 6.76. The summed E-state index contributed by atoms with van der Waals surface area (Å²) < 4.78 is 26.5. The van der Waals surface area contributed by atoms with Gasteiger partial charge in [0.25, 0.3) is 0 Å². The van der Waals surface area contributed by atoms with Crippen molar-refractivity contribution in [2.24, 2.45) is 0 Å². The fourth-order valence-electron chi connectivity index (χ4n) is 5.74. The van der Waals surface area contributed by atoms with Crippen molar-refractivity contribution in [2.45, 2.75) is 31.0 Å². The first-order chi connectivity index (χ1) is 21.1. The lowest BCUT2D eigenvalue weighted by molar-refractivity contribution is -0.152. The lowest BCUT2D eigenvalue weighted by Gasteiger charge is -2.52. The lowest BCUT2D eigenvalue weighted by atomic mass is 9.75. The van der Waals surface area contributed by atoms with E-state index in [0.717, 1.165) is 16.7 Å². The van der Waals surface area contributed by atoms with Crippen molar-refractivity contribution in [1.29, 1.82) is 0 Å². The highest BCUT2D eigenvalue weighted by molar-refractivity contribution is 7.83. The molecule has 0 radical (unpaired) electrons. The molecule has 10 nitrogen and oxygen atoms in total. The third-order valence-electron chi connectivity index (χ3n) is 7.72. The molecule has 0 bridgehead atoms. The minimum Gasteiger partial charge on any atom is -0.350 e. The lowest BCUT2D eigenvalue weighted by Crippen LogP contribution is -2.64. The normalized spacial score (nSPS) is 22.3. The third-order valence-corrected chi connectivity index (χ3v) is 10.3. The molecule has 2 aliphatic rings. The molecule has 3 aromatic carbocycles. The zero-order chi connectivity index (χ0) is 31.3. The van der Waals surface area contributed by atoms with Crippen LogP contribution in [0.2, 0.25) is 0 Å². The number of amides is 3. The Morgan fingerprint density at radius 3 is 1.98 bits per heavy atom. The smallest absolute Gasteiger partial charge is 0.350 e. The second kappa shape index (κ2) is 13.6. The largest absolute Gasteiger partial charge is 0.362 e. The van der Waals surface area contributed by atoms with Crippen LogP contribution in [0.5, 0.6) is 0 Å². The summed E-state index contributed by atoms with van der Waals surface area (Å²) in [7, 11) is 3.18. The number of rotatable bonds is 10. The molecule has 0 aliphatic carbocycles. The maximum Gasteiger partial charge on any atom is 0.362 e. The maximum absolute atomic E-state index is 13.4. The molecule has 3 amide bonds. The van der Waals surface area contributed by atoms with Crippen LogP contribution in [0.25, 0.3) is 0 Å². The van der Waals surface area contributed by atoms with Crippen LogP contribution in [0.15, 0.2) is 103 Å². The molecule has 44 heavy (non-hydrogen) atoms. The quantitative estimate of drug-likeness (QED) is 0.240. The average molecular weight is 638 g/mol. The molecule has 2 heterocycles. The van der Waals surface area contributed by atoms with E-state index in [4.69, 9.17) is 20.5 Å². The summed E-state index contributed by atoms with van der Waals surface area (Å²) in [6.07, 6.45) is 1.28. The summed E-state index contributed by atoms with van der Waals surface area (Å²) >= 11 is 6.24. The Kier molecular flexibility index (Phi) is 9.90. The van der Waals surface area contributed by atoms with Gasteiger partial charge in [0.15, 0.2) is 6.23 Å². The van der Waals surface area contributed by atoms with Crippen LogP contribution >= 0.6 is 18.1 Å². The minimum absolute atomic E-state index is 0.0753. The number of benzene rings is 3. The summed E-state index contributed by atoms with van der Waals surface area (Å²) in [6.45, 7) is -1.60. The maximum atomic E-state index is 13.4. The molecule has 1 fully saturated rings. The number of morpholine rings is 1. The average Bonchev–Trinajstić information content (AvgIpc) is 3.02. The Morgan fingerprint density at radius 1 is 1.00 bits per heavy atom. The molecule has 232 valence electrons. The standard InChI is InChI=1S/C32H37ClN5O5P/c1-24(39)34-29-19-20-38(31(40)35-29)30-22-37(21-28(43-30)23-42-44(33,41)36(2)3)32(25-13-7-4-8-14-25,26-15-9-5-10-16-26)27-17-11-6-12-18-27/h4-20,28-30H,21-23H2,1-3H3,(H,34,39)(H,35,40)/t28-,29?,30?,44?/m0/s1. The van der Waals surface area contributed by atoms with E-state index < -0.39 is 36.9 Å². The molecule has 0 saturated carbocycles. The zero-order valence-electron chi connectivity index (χ0n) is 24.9. The van der Waals surface area contributed by atoms with Crippen molar-refractivity contribution < 1.29 is 23.4 Å². The fraction of sp³-hybridized carbons (Fsp3) is 0.312. The van der Waals surface area contributed by atoms with Gasteiger partial charge in [-0.15, -0.1) is 0 Å². The van der Waals surface area contributed by atoms with Crippen molar-refractivity contribution in [2.75, 3.05) is 33.8 Å². The highest BCUT2D eigenvalue weighted by atomic mass is 35.7. The summed E-state index contributed by atoms with van der Waals surface area (Å²) in [4.78, 5) is 28.7. The molecule has 3 unspecified atom stereocenters. The molecule has 5 rings (SSSR count). The molecule has 4 atom stereocenters.